The van der Waals surface area contributed by atoms with E-state index in [0.717, 1.165) is 13.2 Å². The van der Waals surface area contributed by atoms with E-state index >= 15 is 0 Å². The molecular formula is C6H13NO. The maximum Gasteiger partial charge on any atom is 0.0642 e. The maximum absolute atomic E-state index is 4.99. The average molecular weight is 115 g/mol. The van der Waals surface area contributed by atoms with Crippen molar-refractivity contribution in [2.24, 2.45) is 0 Å². The molecule has 1 aliphatic rings. The Labute approximate surface area is 50.2 Å². The van der Waals surface area contributed by atoms with Gasteiger partial charge in [-0.25, -0.2) is 0 Å². The molecule has 1 fully saturated rings. The van der Waals surface area contributed by atoms with Gasteiger partial charge in [-0.1, -0.05) is 0 Å². The molecule has 1 saturated heterocycles. The van der Waals surface area contributed by atoms with Gasteiger partial charge < -0.3 is 10.1 Å². The molecule has 0 aliphatic carbocycles. The van der Waals surface area contributed by atoms with Crippen LogP contribution in [-0.4, -0.2) is 25.8 Å². The fraction of sp³-hybridized carbons (Fsp3) is 1.00. The third-order valence-corrected chi connectivity index (χ3v) is 1.69. The molecule has 1 N–H and O–H groups in total. The van der Waals surface area contributed by atoms with Crippen LogP contribution in [0.3, 0.4) is 0 Å². The highest BCUT2D eigenvalue weighted by Crippen LogP contribution is 2.16. The van der Waals surface area contributed by atoms with E-state index in [1.54, 1.807) is 7.11 Å². The SMILES string of the molecule is COCC1(C)CCN1. The van der Waals surface area contributed by atoms with Gasteiger partial charge in [-0.3, -0.25) is 0 Å². The van der Waals surface area contributed by atoms with Gasteiger partial charge in [0, 0.05) is 12.6 Å². The maximum atomic E-state index is 4.99. The van der Waals surface area contributed by atoms with Crippen LogP contribution in [0.25, 0.3) is 0 Å². The Morgan fingerprint density at radius 2 is 2.38 bits per heavy atom. The number of methoxy groups -OCH3 is 1. The first-order valence-corrected chi connectivity index (χ1v) is 3.01. The van der Waals surface area contributed by atoms with Crippen molar-refractivity contribution in [3.05, 3.63) is 0 Å². The second kappa shape index (κ2) is 2.03. The van der Waals surface area contributed by atoms with Crippen LogP contribution >= 0.6 is 0 Å². The minimum absolute atomic E-state index is 0.300. The Morgan fingerprint density at radius 3 is 2.50 bits per heavy atom. The van der Waals surface area contributed by atoms with Crippen molar-refractivity contribution >= 4 is 0 Å². The van der Waals surface area contributed by atoms with Gasteiger partial charge in [0.2, 0.25) is 0 Å². The van der Waals surface area contributed by atoms with Crippen LogP contribution in [0.5, 0.6) is 0 Å². The molecule has 0 bridgehead atoms. The Hall–Kier alpha value is -0.0800. The summed E-state index contributed by atoms with van der Waals surface area (Å²) in [6, 6.07) is 0. The van der Waals surface area contributed by atoms with E-state index in [0.29, 0.717) is 5.54 Å². The van der Waals surface area contributed by atoms with Gasteiger partial charge in [0.15, 0.2) is 0 Å². The highest BCUT2D eigenvalue weighted by atomic mass is 16.5. The van der Waals surface area contributed by atoms with Gasteiger partial charge in [-0.15, -0.1) is 0 Å². The molecule has 1 rings (SSSR count). The zero-order valence-electron chi connectivity index (χ0n) is 5.53. The average Bonchev–Trinajstić information content (AvgIpc) is 1.64. The molecule has 1 unspecified atom stereocenters. The van der Waals surface area contributed by atoms with Crippen LogP contribution in [0.1, 0.15) is 13.3 Å². The molecule has 0 aromatic carbocycles. The van der Waals surface area contributed by atoms with Gasteiger partial charge in [-0.05, 0) is 19.9 Å². The van der Waals surface area contributed by atoms with Crippen molar-refractivity contribution in [1.29, 1.82) is 0 Å². The van der Waals surface area contributed by atoms with Crippen LogP contribution in [0.4, 0.5) is 0 Å². The number of ether oxygens (including phenoxy) is 1. The summed E-state index contributed by atoms with van der Waals surface area (Å²) >= 11 is 0. The van der Waals surface area contributed by atoms with Gasteiger partial charge in [-0.2, -0.15) is 0 Å². The molecule has 1 aliphatic heterocycles. The largest absolute Gasteiger partial charge is 0.383 e. The molecule has 1 atom stereocenters. The predicted molar refractivity (Wildman–Crippen MR) is 32.9 cm³/mol. The first kappa shape index (κ1) is 6.05. The quantitative estimate of drug-likeness (QED) is 0.562. The topological polar surface area (TPSA) is 21.3 Å². The van der Waals surface area contributed by atoms with E-state index in [1.807, 2.05) is 0 Å². The van der Waals surface area contributed by atoms with Crippen molar-refractivity contribution < 1.29 is 4.74 Å². The lowest BCUT2D eigenvalue weighted by atomic mass is 9.92. The van der Waals surface area contributed by atoms with Crippen LogP contribution < -0.4 is 5.32 Å². The lowest BCUT2D eigenvalue weighted by Crippen LogP contribution is -2.57. The molecule has 8 heavy (non-hydrogen) atoms. The number of hydrogen-bond acceptors (Lipinski definition) is 2. The number of nitrogens with one attached hydrogen (secondary N) is 1. The Kier molecular flexibility index (Phi) is 1.54. The molecular weight excluding hydrogens is 102 g/mol. The molecule has 48 valence electrons. The molecule has 1 heterocycles. The smallest absolute Gasteiger partial charge is 0.0642 e. The minimum atomic E-state index is 0.300. The summed E-state index contributed by atoms with van der Waals surface area (Å²) in [6.45, 7) is 4.17. The summed E-state index contributed by atoms with van der Waals surface area (Å²) in [7, 11) is 1.74. The van der Waals surface area contributed by atoms with E-state index in [9.17, 15) is 0 Å². The van der Waals surface area contributed by atoms with E-state index in [2.05, 4.69) is 12.2 Å². The summed E-state index contributed by atoms with van der Waals surface area (Å²) in [4.78, 5) is 0. The van der Waals surface area contributed by atoms with Crippen molar-refractivity contribution in [3.8, 4) is 0 Å². The third kappa shape index (κ3) is 1.01. The molecule has 0 radical (unpaired) electrons. The monoisotopic (exact) mass is 115 g/mol. The number of rotatable bonds is 2. The summed E-state index contributed by atoms with van der Waals surface area (Å²) in [6.07, 6.45) is 1.25. The first-order valence-electron chi connectivity index (χ1n) is 3.01. The summed E-state index contributed by atoms with van der Waals surface area (Å²) < 4.78 is 4.99. The summed E-state index contributed by atoms with van der Waals surface area (Å²) in [5.74, 6) is 0. The van der Waals surface area contributed by atoms with Crippen LogP contribution in [-0.2, 0) is 4.74 Å². The van der Waals surface area contributed by atoms with Gasteiger partial charge in [0.1, 0.15) is 0 Å². The van der Waals surface area contributed by atoms with Crippen molar-refractivity contribution in [3.63, 3.8) is 0 Å². The zero-order chi connectivity index (χ0) is 6.04. The molecule has 2 nitrogen and oxygen atoms in total. The normalized spacial score (nSPS) is 36.8. The van der Waals surface area contributed by atoms with Crippen molar-refractivity contribution in [2.75, 3.05) is 20.3 Å². The second-order valence-electron chi connectivity index (χ2n) is 2.67. The van der Waals surface area contributed by atoms with E-state index in [1.165, 1.54) is 6.42 Å². The standard InChI is InChI=1S/C6H13NO/c1-6(5-8-2)3-4-7-6/h7H,3-5H2,1-2H3. The van der Waals surface area contributed by atoms with Gasteiger partial charge >= 0.3 is 0 Å². The summed E-state index contributed by atoms with van der Waals surface area (Å²) in [5, 5.41) is 3.30. The fourth-order valence-electron chi connectivity index (χ4n) is 0.994. The molecule has 0 spiro atoms. The van der Waals surface area contributed by atoms with E-state index < -0.39 is 0 Å². The van der Waals surface area contributed by atoms with Crippen molar-refractivity contribution in [1.82, 2.24) is 5.32 Å². The molecule has 0 aromatic heterocycles. The molecule has 0 saturated carbocycles. The van der Waals surface area contributed by atoms with Gasteiger partial charge in [0.05, 0.1) is 6.61 Å². The van der Waals surface area contributed by atoms with E-state index in [-0.39, 0.29) is 0 Å². The number of hydrogen-bond donors (Lipinski definition) is 1. The third-order valence-electron chi connectivity index (χ3n) is 1.69. The van der Waals surface area contributed by atoms with Crippen LogP contribution in [0.2, 0.25) is 0 Å². The Morgan fingerprint density at radius 1 is 1.75 bits per heavy atom. The second-order valence-corrected chi connectivity index (χ2v) is 2.67. The fourth-order valence-corrected chi connectivity index (χ4v) is 0.994. The molecule has 0 amide bonds. The summed E-state index contributed by atoms with van der Waals surface area (Å²) in [5.41, 5.74) is 0.300. The first-order chi connectivity index (χ1) is 3.77. The van der Waals surface area contributed by atoms with Crippen LogP contribution in [0, 0.1) is 0 Å². The van der Waals surface area contributed by atoms with Gasteiger partial charge in [0.25, 0.3) is 0 Å². The van der Waals surface area contributed by atoms with Crippen LogP contribution in [0.15, 0.2) is 0 Å². The molecule has 0 aromatic rings. The predicted octanol–water partition coefficient (Wildman–Crippen LogP) is 0.385. The minimum Gasteiger partial charge on any atom is -0.383 e. The lowest BCUT2D eigenvalue weighted by molar-refractivity contribution is 0.0780. The highest BCUT2D eigenvalue weighted by molar-refractivity contribution is 4.91. The van der Waals surface area contributed by atoms with Crippen molar-refractivity contribution in [2.45, 2.75) is 18.9 Å². The molecule has 2 heteroatoms. The Balaban J connectivity index is 2.20. The lowest BCUT2D eigenvalue weighted by Gasteiger charge is -2.39. The zero-order valence-corrected chi connectivity index (χ0v) is 5.53. The van der Waals surface area contributed by atoms with E-state index in [4.69, 9.17) is 4.74 Å². The highest BCUT2D eigenvalue weighted by Gasteiger charge is 2.30. The Bertz CT molecular complexity index is 78.6.